The van der Waals surface area contributed by atoms with Gasteiger partial charge in [-0.3, -0.25) is 0 Å². The second-order valence-corrected chi connectivity index (χ2v) is 3.92. The lowest BCUT2D eigenvalue weighted by Crippen LogP contribution is -2.29. The largest absolute Gasteiger partial charge is 0.394 e. The van der Waals surface area contributed by atoms with Gasteiger partial charge in [-0.25, -0.2) is 0 Å². The second-order valence-electron chi connectivity index (χ2n) is 3.48. The van der Waals surface area contributed by atoms with Crippen molar-refractivity contribution in [2.75, 3.05) is 6.61 Å². The molecule has 15 heavy (non-hydrogen) atoms. The summed E-state index contributed by atoms with van der Waals surface area (Å²) in [5.41, 5.74) is 1.04. The fourth-order valence-corrected chi connectivity index (χ4v) is 1.41. The number of hydrogen-bond acceptors (Lipinski definition) is 3. The summed E-state index contributed by atoms with van der Waals surface area (Å²) in [6, 6.07) is 7.32. The lowest BCUT2D eigenvalue weighted by atomic mass is 10.0. The van der Waals surface area contributed by atoms with Crippen molar-refractivity contribution in [1.82, 2.24) is 0 Å². The summed E-state index contributed by atoms with van der Waals surface area (Å²) in [6.45, 7) is -0.415. The molecule has 0 aliphatic rings. The van der Waals surface area contributed by atoms with Crippen LogP contribution in [0.15, 0.2) is 24.3 Å². The Morgan fingerprint density at radius 3 is 2.20 bits per heavy atom. The molecule has 0 heterocycles. The molecule has 0 aromatic heterocycles. The van der Waals surface area contributed by atoms with Crippen LogP contribution in [0.5, 0.6) is 0 Å². The van der Waals surface area contributed by atoms with Crippen molar-refractivity contribution in [1.29, 1.82) is 0 Å². The van der Waals surface area contributed by atoms with Gasteiger partial charge >= 0.3 is 0 Å². The van der Waals surface area contributed by atoms with Crippen molar-refractivity contribution in [3.05, 3.63) is 34.9 Å². The van der Waals surface area contributed by atoms with Gasteiger partial charge in [0.2, 0.25) is 0 Å². The standard InChI is InChI=1S/C11H15ClO3/c12-9-4-1-8(2-5-9)3-6-10(14)11(15)7-13/h1-2,4-5,10-11,13-15H,3,6-7H2. The highest BCUT2D eigenvalue weighted by Crippen LogP contribution is 2.12. The van der Waals surface area contributed by atoms with Crippen LogP contribution in [0, 0.1) is 0 Å². The summed E-state index contributed by atoms with van der Waals surface area (Å²) in [5, 5.41) is 27.8. The van der Waals surface area contributed by atoms with Gasteiger partial charge in [0.1, 0.15) is 6.10 Å². The van der Waals surface area contributed by atoms with Crippen LogP contribution in [0.3, 0.4) is 0 Å². The van der Waals surface area contributed by atoms with Gasteiger partial charge in [-0.15, -0.1) is 0 Å². The molecule has 0 saturated heterocycles. The second kappa shape index (κ2) is 6.08. The third-order valence-electron chi connectivity index (χ3n) is 2.27. The predicted octanol–water partition coefficient (Wildman–Crippen LogP) is 0.987. The summed E-state index contributed by atoms with van der Waals surface area (Å²) >= 11 is 5.72. The average molecular weight is 231 g/mol. The lowest BCUT2D eigenvalue weighted by Gasteiger charge is -2.15. The molecular weight excluding hydrogens is 216 g/mol. The number of aliphatic hydroxyl groups is 3. The highest BCUT2D eigenvalue weighted by atomic mass is 35.5. The van der Waals surface area contributed by atoms with Crippen molar-refractivity contribution in [3.8, 4) is 0 Å². The molecule has 4 heteroatoms. The first-order chi connectivity index (χ1) is 7.13. The topological polar surface area (TPSA) is 60.7 Å². The van der Waals surface area contributed by atoms with Gasteiger partial charge in [0, 0.05) is 5.02 Å². The third kappa shape index (κ3) is 4.18. The molecule has 1 aromatic rings. The molecule has 1 aromatic carbocycles. The quantitative estimate of drug-likeness (QED) is 0.707. The van der Waals surface area contributed by atoms with Gasteiger partial charge in [0.25, 0.3) is 0 Å². The fraction of sp³-hybridized carbons (Fsp3) is 0.455. The maximum atomic E-state index is 9.40. The molecular formula is C11H15ClO3. The Balaban J connectivity index is 2.40. The van der Waals surface area contributed by atoms with E-state index in [2.05, 4.69) is 0 Å². The molecule has 0 amide bonds. The Bertz CT molecular complexity index is 286. The average Bonchev–Trinajstić information content (AvgIpc) is 2.26. The van der Waals surface area contributed by atoms with Gasteiger partial charge in [-0.05, 0) is 30.5 Å². The Hall–Kier alpha value is -0.610. The number of hydrogen-bond donors (Lipinski definition) is 3. The molecule has 0 saturated carbocycles. The molecule has 0 fully saturated rings. The number of halogens is 1. The number of aliphatic hydroxyl groups excluding tert-OH is 3. The lowest BCUT2D eigenvalue weighted by molar-refractivity contribution is -0.0172. The number of rotatable bonds is 5. The molecule has 3 nitrogen and oxygen atoms in total. The zero-order valence-corrected chi connectivity index (χ0v) is 9.06. The van der Waals surface area contributed by atoms with Gasteiger partial charge < -0.3 is 15.3 Å². The van der Waals surface area contributed by atoms with Crippen LogP contribution in [-0.4, -0.2) is 34.1 Å². The van der Waals surface area contributed by atoms with E-state index in [0.29, 0.717) is 17.9 Å². The van der Waals surface area contributed by atoms with Crippen LogP contribution >= 0.6 is 11.6 Å². The molecule has 0 radical (unpaired) electrons. The predicted molar refractivity (Wildman–Crippen MR) is 58.9 cm³/mol. The summed E-state index contributed by atoms with van der Waals surface area (Å²) in [7, 11) is 0. The molecule has 3 N–H and O–H groups in total. The first kappa shape index (κ1) is 12.5. The van der Waals surface area contributed by atoms with E-state index < -0.39 is 18.8 Å². The van der Waals surface area contributed by atoms with Gasteiger partial charge in [0.15, 0.2) is 0 Å². The van der Waals surface area contributed by atoms with E-state index in [1.54, 1.807) is 12.1 Å². The van der Waals surface area contributed by atoms with Gasteiger partial charge in [-0.1, -0.05) is 23.7 Å². The van der Waals surface area contributed by atoms with Gasteiger partial charge in [-0.2, -0.15) is 0 Å². The minimum atomic E-state index is -1.06. The van der Waals surface area contributed by atoms with Crippen LogP contribution in [0.25, 0.3) is 0 Å². The molecule has 0 bridgehead atoms. The third-order valence-corrected chi connectivity index (χ3v) is 2.53. The molecule has 84 valence electrons. The van der Waals surface area contributed by atoms with E-state index in [4.69, 9.17) is 21.8 Å². The first-order valence-electron chi connectivity index (χ1n) is 4.85. The maximum absolute atomic E-state index is 9.40. The van der Waals surface area contributed by atoms with Crippen molar-refractivity contribution in [3.63, 3.8) is 0 Å². The molecule has 1 rings (SSSR count). The van der Waals surface area contributed by atoms with Crippen LogP contribution in [0.2, 0.25) is 5.02 Å². The highest BCUT2D eigenvalue weighted by Gasteiger charge is 2.14. The number of aryl methyl sites for hydroxylation is 1. The highest BCUT2D eigenvalue weighted by molar-refractivity contribution is 6.30. The summed E-state index contributed by atoms with van der Waals surface area (Å²) in [6.07, 6.45) is -0.873. The van der Waals surface area contributed by atoms with E-state index in [-0.39, 0.29) is 0 Å². The first-order valence-corrected chi connectivity index (χ1v) is 5.22. The summed E-state index contributed by atoms with van der Waals surface area (Å²) in [5.74, 6) is 0. The Labute approximate surface area is 93.9 Å². The van der Waals surface area contributed by atoms with Crippen LogP contribution in [0.4, 0.5) is 0 Å². The maximum Gasteiger partial charge on any atom is 0.103 e. The van der Waals surface area contributed by atoms with Crippen molar-refractivity contribution in [2.45, 2.75) is 25.0 Å². The van der Waals surface area contributed by atoms with E-state index in [0.717, 1.165) is 5.56 Å². The van der Waals surface area contributed by atoms with E-state index in [1.165, 1.54) is 0 Å². The summed E-state index contributed by atoms with van der Waals surface area (Å²) < 4.78 is 0. The smallest absolute Gasteiger partial charge is 0.103 e. The monoisotopic (exact) mass is 230 g/mol. The zero-order valence-electron chi connectivity index (χ0n) is 8.31. The Morgan fingerprint density at radius 1 is 1.07 bits per heavy atom. The molecule has 0 spiro atoms. The Kier molecular flexibility index (Phi) is 5.05. The molecule has 2 atom stereocenters. The van der Waals surface area contributed by atoms with E-state index in [1.807, 2.05) is 12.1 Å². The van der Waals surface area contributed by atoms with Crippen molar-refractivity contribution < 1.29 is 15.3 Å². The van der Waals surface area contributed by atoms with Crippen LogP contribution in [0.1, 0.15) is 12.0 Å². The molecule has 0 aliphatic heterocycles. The van der Waals surface area contributed by atoms with Crippen LogP contribution < -0.4 is 0 Å². The van der Waals surface area contributed by atoms with Crippen LogP contribution in [-0.2, 0) is 6.42 Å². The molecule has 2 unspecified atom stereocenters. The number of benzene rings is 1. The minimum absolute atomic E-state index is 0.415. The summed E-state index contributed by atoms with van der Waals surface area (Å²) in [4.78, 5) is 0. The molecule has 0 aliphatic carbocycles. The van der Waals surface area contributed by atoms with Crippen molar-refractivity contribution >= 4 is 11.6 Å². The fourth-order valence-electron chi connectivity index (χ4n) is 1.28. The van der Waals surface area contributed by atoms with Gasteiger partial charge in [0.05, 0.1) is 12.7 Å². The van der Waals surface area contributed by atoms with E-state index in [9.17, 15) is 5.11 Å². The normalized spacial score (nSPS) is 14.9. The van der Waals surface area contributed by atoms with Crippen molar-refractivity contribution in [2.24, 2.45) is 0 Å². The van der Waals surface area contributed by atoms with E-state index >= 15 is 0 Å². The SMILES string of the molecule is OCC(O)C(O)CCc1ccc(Cl)cc1. The minimum Gasteiger partial charge on any atom is -0.394 e. The Morgan fingerprint density at radius 2 is 1.67 bits per heavy atom. The zero-order chi connectivity index (χ0) is 11.3.